The fourth-order valence-corrected chi connectivity index (χ4v) is 4.68. The van der Waals surface area contributed by atoms with Crippen LogP contribution >= 0.6 is 0 Å². The zero-order chi connectivity index (χ0) is 24.1. The quantitative estimate of drug-likeness (QED) is 0.303. The minimum atomic E-state index is -0.388. The molecule has 34 heavy (non-hydrogen) atoms. The molecule has 0 saturated heterocycles. The van der Waals surface area contributed by atoms with Crippen LogP contribution in [0.4, 0.5) is 0 Å². The molecule has 0 aliphatic heterocycles. The molecule has 3 aromatic carbocycles. The first-order valence-corrected chi connectivity index (χ1v) is 11.9. The van der Waals surface area contributed by atoms with Crippen molar-refractivity contribution in [3.8, 4) is 28.0 Å². The highest BCUT2D eigenvalue weighted by molar-refractivity contribution is 6.02. The van der Waals surface area contributed by atoms with Crippen molar-refractivity contribution in [2.45, 2.75) is 46.1 Å². The number of benzene rings is 3. The fourth-order valence-electron chi connectivity index (χ4n) is 4.68. The van der Waals surface area contributed by atoms with Crippen LogP contribution in [0.25, 0.3) is 22.3 Å². The summed E-state index contributed by atoms with van der Waals surface area (Å²) in [6.45, 7) is 4.92. The van der Waals surface area contributed by atoms with Gasteiger partial charge in [-0.25, -0.2) is 0 Å². The molecule has 0 unspecified atom stereocenters. The molecule has 0 aliphatic carbocycles. The van der Waals surface area contributed by atoms with Crippen molar-refractivity contribution in [3.05, 3.63) is 101 Å². The molecule has 1 amide bonds. The molecule has 0 fully saturated rings. The molecule has 4 nitrogen and oxygen atoms in total. The summed E-state index contributed by atoms with van der Waals surface area (Å²) in [7, 11) is 0. The Kier molecular flexibility index (Phi) is 7.17. The summed E-state index contributed by atoms with van der Waals surface area (Å²) in [6.07, 6.45) is 3.80. The van der Waals surface area contributed by atoms with Gasteiger partial charge in [-0.2, -0.15) is 0 Å². The minimum Gasteiger partial charge on any atom is -0.508 e. The van der Waals surface area contributed by atoms with Gasteiger partial charge in [-0.05, 0) is 60.6 Å². The van der Waals surface area contributed by atoms with Crippen LogP contribution in [0, 0.1) is 6.92 Å². The van der Waals surface area contributed by atoms with E-state index in [1.807, 2.05) is 37.3 Å². The van der Waals surface area contributed by atoms with Crippen LogP contribution in [0.15, 0.2) is 78.9 Å². The number of aromatic nitrogens is 1. The second-order valence-electron chi connectivity index (χ2n) is 8.76. The molecule has 0 aliphatic rings. The number of carbonyl (C=O) groups excluding carboxylic acids is 1. The Bertz CT molecular complexity index is 1250. The smallest absolute Gasteiger partial charge is 0.251 e. The number of phenolic OH excluding ortho intramolecular Hbond substituents is 1. The van der Waals surface area contributed by atoms with E-state index in [0.29, 0.717) is 5.56 Å². The molecule has 1 aromatic heterocycles. The van der Waals surface area contributed by atoms with Crippen molar-refractivity contribution in [1.29, 1.82) is 0 Å². The molecule has 4 rings (SSSR count). The predicted octanol–water partition coefficient (Wildman–Crippen LogP) is 6.52. The largest absolute Gasteiger partial charge is 0.508 e. The maximum atomic E-state index is 12.6. The Morgan fingerprint density at radius 2 is 1.47 bits per heavy atom. The first kappa shape index (κ1) is 23.4. The van der Waals surface area contributed by atoms with Crippen LogP contribution in [0.3, 0.4) is 0 Å². The second kappa shape index (κ2) is 10.4. The molecule has 1 heterocycles. The molecule has 0 spiro atoms. The number of unbranched alkanes of at least 4 members (excludes halogenated alkanes) is 1. The number of hydrogen-bond acceptors (Lipinski definition) is 2. The Morgan fingerprint density at radius 3 is 2.09 bits per heavy atom. The first-order valence-electron chi connectivity index (χ1n) is 11.9. The summed E-state index contributed by atoms with van der Waals surface area (Å²) >= 11 is 0. The number of primary amides is 1. The van der Waals surface area contributed by atoms with Gasteiger partial charge >= 0.3 is 0 Å². The SMILES string of the molecule is CCCCc1c(-c2ccc(-c3ccccc3)cc2)c(C(N)=O)c(C)n1CCc1ccc(O)cc1. The Balaban J connectivity index is 1.76. The lowest BCUT2D eigenvalue weighted by molar-refractivity contribution is 0.1000. The topological polar surface area (TPSA) is 68.2 Å². The average molecular weight is 453 g/mol. The van der Waals surface area contributed by atoms with Gasteiger partial charge in [-0.1, -0.05) is 80.1 Å². The summed E-state index contributed by atoms with van der Waals surface area (Å²) in [5, 5.41) is 9.59. The van der Waals surface area contributed by atoms with Crippen molar-refractivity contribution in [1.82, 2.24) is 4.57 Å². The van der Waals surface area contributed by atoms with E-state index >= 15 is 0 Å². The molecule has 0 saturated carbocycles. The van der Waals surface area contributed by atoms with Gasteiger partial charge < -0.3 is 15.4 Å². The molecular formula is C30H32N2O2. The predicted molar refractivity (Wildman–Crippen MR) is 139 cm³/mol. The molecule has 0 bridgehead atoms. The first-order chi connectivity index (χ1) is 16.5. The van der Waals surface area contributed by atoms with Crippen LogP contribution < -0.4 is 5.73 Å². The van der Waals surface area contributed by atoms with Gasteiger partial charge in [0.25, 0.3) is 5.91 Å². The van der Waals surface area contributed by atoms with Crippen molar-refractivity contribution < 1.29 is 9.90 Å². The molecule has 174 valence electrons. The van der Waals surface area contributed by atoms with Crippen molar-refractivity contribution in [2.75, 3.05) is 0 Å². The van der Waals surface area contributed by atoms with Crippen LogP contribution in [0.2, 0.25) is 0 Å². The second-order valence-corrected chi connectivity index (χ2v) is 8.76. The fraction of sp³-hybridized carbons (Fsp3) is 0.233. The highest BCUT2D eigenvalue weighted by Crippen LogP contribution is 2.35. The van der Waals surface area contributed by atoms with E-state index in [9.17, 15) is 9.90 Å². The number of nitrogens with zero attached hydrogens (tertiary/aromatic N) is 1. The third kappa shape index (κ3) is 4.91. The maximum absolute atomic E-state index is 12.6. The minimum absolute atomic E-state index is 0.266. The number of carbonyl (C=O) groups is 1. The van der Waals surface area contributed by atoms with Crippen molar-refractivity contribution in [2.24, 2.45) is 5.73 Å². The van der Waals surface area contributed by atoms with Gasteiger partial charge in [0.15, 0.2) is 0 Å². The molecule has 0 radical (unpaired) electrons. The van der Waals surface area contributed by atoms with Crippen molar-refractivity contribution >= 4 is 5.91 Å². The number of amides is 1. The van der Waals surface area contributed by atoms with Gasteiger partial charge in [0.05, 0.1) is 5.56 Å². The number of rotatable bonds is 9. The molecule has 3 N–H and O–H groups in total. The monoisotopic (exact) mass is 452 g/mol. The van der Waals surface area contributed by atoms with Gasteiger partial charge in [0, 0.05) is 23.5 Å². The Hall–Kier alpha value is -3.79. The van der Waals surface area contributed by atoms with E-state index in [1.54, 1.807) is 12.1 Å². The number of aryl methyl sites for hydroxylation is 1. The Labute approximate surface area is 201 Å². The summed E-state index contributed by atoms with van der Waals surface area (Å²) in [4.78, 5) is 12.6. The number of nitrogens with two attached hydrogens (primary N) is 1. The summed E-state index contributed by atoms with van der Waals surface area (Å²) in [6, 6.07) is 26.0. The maximum Gasteiger partial charge on any atom is 0.251 e. The van der Waals surface area contributed by atoms with E-state index in [-0.39, 0.29) is 11.7 Å². The molecule has 4 aromatic rings. The average Bonchev–Trinajstić information content (AvgIpc) is 3.14. The van der Waals surface area contributed by atoms with Crippen LogP contribution in [-0.2, 0) is 19.4 Å². The molecule has 0 atom stereocenters. The molecule has 4 heteroatoms. The van der Waals surface area contributed by atoms with Crippen LogP contribution in [-0.4, -0.2) is 15.6 Å². The number of hydrogen-bond donors (Lipinski definition) is 2. The van der Waals surface area contributed by atoms with Crippen LogP contribution in [0.5, 0.6) is 5.75 Å². The highest BCUT2D eigenvalue weighted by atomic mass is 16.3. The normalized spacial score (nSPS) is 11.0. The third-order valence-corrected chi connectivity index (χ3v) is 6.49. The van der Waals surface area contributed by atoms with E-state index in [1.165, 1.54) is 5.69 Å². The standard InChI is InChI=1S/C30H32N2O2/c1-3-4-10-27-29(25-15-13-24(14-16-25)23-8-6-5-7-9-23)28(30(31)34)21(2)32(27)20-19-22-11-17-26(33)18-12-22/h5-9,11-18,33H,3-4,10,19-20H2,1-2H3,(H2,31,34). The van der Waals surface area contributed by atoms with Gasteiger partial charge in [0.1, 0.15) is 5.75 Å². The third-order valence-electron chi connectivity index (χ3n) is 6.49. The summed E-state index contributed by atoms with van der Waals surface area (Å²) in [5.74, 6) is -0.123. The van der Waals surface area contributed by atoms with Crippen molar-refractivity contribution in [3.63, 3.8) is 0 Å². The van der Waals surface area contributed by atoms with E-state index in [2.05, 4.69) is 47.9 Å². The lowest BCUT2D eigenvalue weighted by Gasteiger charge is -2.14. The van der Waals surface area contributed by atoms with Gasteiger partial charge in [-0.3, -0.25) is 4.79 Å². The zero-order valence-corrected chi connectivity index (χ0v) is 19.9. The number of aromatic hydroxyl groups is 1. The lowest BCUT2D eigenvalue weighted by atomic mass is 9.95. The van der Waals surface area contributed by atoms with Gasteiger partial charge in [-0.15, -0.1) is 0 Å². The molecular weight excluding hydrogens is 420 g/mol. The lowest BCUT2D eigenvalue weighted by Crippen LogP contribution is -2.14. The van der Waals surface area contributed by atoms with E-state index in [0.717, 1.165) is 65.7 Å². The van der Waals surface area contributed by atoms with E-state index in [4.69, 9.17) is 5.73 Å². The summed E-state index contributed by atoms with van der Waals surface area (Å²) in [5.41, 5.74) is 14.1. The highest BCUT2D eigenvalue weighted by Gasteiger charge is 2.24. The summed E-state index contributed by atoms with van der Waals surface area (Å²) < 4.78 is 2.27. The zero-order valence-electron chi connectivity index (χ0n) is 19.9. The van der Waals surface area contributed by atoms with E-state index < -0.39 is 0 Å². The Morgan fingerprint density at radius 1 is 0.853 bits per heavy atom. The number of phenols is 1. The van der Waals surface area contributed by atoms with Crippen LogP contribution in [0.1, 0.15) is 47.1 Å². The van der Waals surface area contributed by atoms with Gasteiger partial charge in [0.2, 0.25) is 0 Å².